The van der Waals surface area contributed by atoms with E-state index in [1.54, 1.807) is 0 Å². The van der Waals surface area contributed by atoms with Gasteiger partial charge in [0.15, 0.2) is 0 Å². The summed E-state index contributed by atoms with van der Waals surface area (Å²) >= 11 is 2.30. The predicted molar refractivity (Wildman–Crippen MR) is 114 cm³/mol. The third-order valence-electron chi connectivity index (χ3n) is 5.97. The molecule has 1 aromatic rings. The summed E-state index contributed by atoms with van der Waals surface area (Å²) in [5.41, 5.74) is 0.611. The lowest BCUT2D eigenvalue weighted by molar-refractivity contribution is 0.247. The number of hydrogen-bond acceptors (Lipinski definition) is 3. The lowest BCUT2D eigenvalue weighted by Gasteiger charge is -2.45. The molecule has 3 aliphatic rings. The molecule has 0 radical (unpaired) electrons. The fraction of sp³-hybridized carbons (Fsp3) is 0.600. The Balaban J connectivity index is 1.67. The SMILES string of the molecule is C[C@H]1C[C@]2(CCN1)C(NC1CCCCC1)=NC(=O)N2c1ccc(I)cc1. The van der Waals surface area contributed by atoms with Crippen LogP contribution in [0.5, 0.6) is 0 Å². The van der Waals surface area contributed by atoms with Gasteiger partial charge in [-0.15, -0.1) is 0 Å². The van der Waals surface area contributed by atoms with Gasteiger partial charge in [-0.25, -0.2) is 4.79 Å². The fourth-order valence-corrected chi connectivity index (χ4v) is 5.08. The van der Waals surface area contributed by atoms with Gasteiger partial charge in [0.05, 0.1) is 0 Å². The van der Waals surface area contributed by atoms with Crippen molar-refractivity contribution in [3.63, 3.8) is 0 Å². The molecule has 6 heteroatoms. The number of rotatable bonds is 2. The highest BCUT2D eigenvalue weighted by molar-refractivity contribution is 14.1. The minimum absolute atomic E-state index is 0.126. The molecule has 2 atom stereocenters. The number of aliphatic imine (C=N–C) groups is 1. The molecule has 5 nitrogen and oxygen atoms in total. The van der Waals surface area contributed by atoms with Crippen molar-refractivity contribution < 1.29 is 4.79 Å². The number of carbonyl (C=O) groups is 1. The van der Waals surface area contributed by atoms with Crippen LogP contribution < -0.4 is 15.5 Å². The van der Waals surface area contributed by atoms with E-state index in [1.807, 2.05) is 17.0 Å². The molecule has 26 heavy (non-hydrogen) atoms. The van der Waals surface area contributed by atoms with Crippen LogP contribution >= 0.6 is 22.6 Å². The van der Waals surface area contributed by atoms with E-state index in [9.17, 15) is 4.79 Å². The number of halogens is 1. The van der Waals surface area contributed by atoms with Gasteiger partial charge in [0.25, 0.3) is 0 Å². The zero-order valence-electron chi connectivity index (χ0n) is 15.3. The Kier molecular flexibility index (Phi) is 5.23. The molecule has 2 fully saturated rings. The number of nitrogens with one attached hydrogen (secondary N) is 2. The Morgan fingerprint density at radius 3 is 2.65 bits per heavy atom. The number of anilines is 1. The van der Waals surface area contributed by atoms with Gasteiger partial charge in [-0.2, -0.15) is 4.99 Å². The van der Waals surface area contributed by atoms with Crippen LogP contribution in [0.2, 0.25) is 0 Å². The van der Waals surface area contributed by atoms with Crippen LogP contribution in [0, 0.1) is 3.57 Å². The van der Waals surface area contributed by atoms with Crippen molar-refractivity contribution in [2.45, 2.75) is 69.5 Å². The normalized spacial score (nSPS) is 29.9. The molecule has 1 saturated heterocycles. The van der Waals surface area contributed by atoms with Crippen molar-refractivity contribution >= 4 is 40.1 Å². The molecular weight excluding hydrogens is 439 g/mol. The third kappa shape index (κ3) is 3.38. The van der Waals surface area contributed by atoms with Crippen molar-refractivity contribution in [3.05, 3.63) is 27.8 Å². The first-order valence-corrected chi connectivity index (χ1v) is 10.9. The van der Waals surface area contributed by atoms with Crippen LogP contribution in [-0.4, -0.2) is 36.0 Å². The molecule has 2 amide bonds. The van der Waals surface area contributed by atoms with Crippen molar-refractivity contribution in [1.29, 1.82) is 0 Å². The first-order chi connectivity index (χ1) is 12.6. The lowest BCUT2D eigenvalue weighted by atomic mass is 9.81. The van der Waals surface area contributed by atoms with Crippen LogP contribution in [-0.2, 0) is 0 Å². The monoisotopic (exact) mass is 466 g/mol. The average molecular weight is 466 g/mol. The Bertz CT molecular complexity index is 698. The summed E-state index contributed by atoms with van der Waals surface area (Å²) in [4.78, 5) is 19.5. The minimum atomic E-state index is -0.341. The molecule has 4 rings (SSSR count). The van der Waals surface area contributed by atoms with Gasteiger partial charge in [0, 0.05) is 21.3 Å². The number of hydrogen-bond donors (Lipinski definition) is 2. The first kappa shape index (κ1) is 18.2. The van der Waals surface area contributed by atoms with Crippen LogP contribution in [0.25, 0.3) is 0 Å². The number of benzene rings is 1. The Labute approximate surface area is 169 Å². The number of carbonyl (C=O) groups excluding carboxylic acids is 1. The zero-order valence-corrected chi connectivity index (χ0v) is 17.5. The molecule has 0 bridgehead atoms. The summed E-state index contributed by atoms with van der Waals surface area (Å²) < 4.78 is 1.17. The highest BCUT2D eigenvalue weighted by Gasteiger charge is 2.52. The first-order valence-electron chi connectivity index (χ1n) is 9.77. The molecule has 140 valence electrons. The van der Waals surface area contributed by atoms with E-state index in [-0.39, 0.29) is 11.6 Å². The van der Waals surface area contributed by atoms with Gasteiger partial charge in [-0.3, -0.25) is 4.90 Å². The molecular formula is C20H27IN4O. The van der Waals surface area contributed by atoms with Gasteiger partial charge < -0.3 is 10.6 Å². The maximum absolute atomic E-state index is 13.0. The zero-order chi connectivity index (χ0) is 18.1. The van der Waals surface area contributed by atoms with Crippen LogP contribution in [0.1, 0.15) is 51.9 Å². The van der Waals surface area contributed by atoms with Gasteiger partial charge >= 0.3 is 6.03 Å². The van der Waals surface area contributed by atoms with E-state index in [1.165, 1.54) is 35.7 Å². The molecule has 0 unspecified atom stereocenters. The molecule has 1 saturated carbocycles. The standard InChI is InChI=1S/C20H27IN4O/c1-14-13-20(11-12-22-14)18(23-16-5-3-2-4-6-16)24-19(26)25(20)17-9-7-15(21)8-10-17/h7-10,14,16,22H,2-6,11-13H2,1H3,(H,23,24,26)/t14-,20+/m0/s1. The van der Waals surface area contributed by atoms with Crippen molar-refractivity contribution in [3.8, 4) is 0 Å². The summed E-state index contributed by atoms with van der Waals surface area (Å²) in [7, 11) is 0. The molecule has 1 aromatic carbocycles. The molecule has 2 N–H and O–H groups in total. The summed E-state index contributed by atoms with van der Waals surface area (Å²) in [5, 5.41) is 7.23. The van der Waals surface area contributed by atoms with Crippen molar-refractivity contribution in [2.75, 3.05) is 11.4 Å². The maximum Gasteiger partial charge on any atom is 0.350 e. The summed E-state index contributed by atoms with van der Waals surface area (Å²) in [6.45, 7) is 3.11. The Morgan fingerprint density at radius 1 is 1.23 bits per heavy atom. The summed E-state index contributed by atoms with van der Waals surface area (Å²) in [6, 6.07) is 8.91. The molecule has 1 aliphatic carbocycles. The highest BCUT2D eigenvalue weighted by atomic mass is 127. The van der Waals surface area contributed by atoms with E-state index in [2.05, 4.69) is 57.3 Å². The molecule has 2 heterocycles. The van der Waals surface area contributed by atoms with Crippen molar-refractivity contribution in [2.24, 2.45) is 4.99 Å². The van der Waals surface area contributed by atoms with E-state index >= 15 is 0 Å². The lowest BCUT2D eigenvalue weighted by Crippen LogP contribution is -2.63. The largest absolute Gasteiger partial charge is 0.369 e. The van der Waals surface area contributed by atoms with Crippen LogP contribution in [0.3, 0.4) is 0 Å². The van der Waals surface area contributed by atoms with E-state index < -0.39 is 0 Å². The number of piperidine rings is 1. The average Bonchev–Trinajstić information content (AvgIpc) is 2.87. The number of urea groups is 1. The second-order valence-corrected chi connectivity index (χ2v) is 9.12. The topological polar surface area (TPSA) is 56.7 Å². The molecule has 2 aliphatic heterocycles. The van der Waals surface area contributed by atoms with Gasteiger partial charge in [0.2, 0.25) is 0 Å². The quantitative estimate of drug-likeness (QED) is 0.647. The molecule has 0 aromatic heterocycles. The minimum Gasteiger partial charge on any atom is -0.369 e. The van der Waals surface area contributed by atoms with Crippen molar-refractivity contribution in [1.82, 2.24) is 10.6 Å². The fourth-order valence-electron chi connectivity index (χ4n) is 4.72. The maximum atomic E-state index is 13.0. The predicted octanol–water partition coefficient (Wildman–Crippen LogP) is 4.06. The Hall–Kier alpha value is -1.15. The Morgan fingerprint density at radius 2 is 1.96 bits per heavy atom. The van der Waals surface area contributed by atoms with E-state index in [4.69, 9.17) is 0 Å². The number of amidine groups is 1. The van der Waals surface area contributed by atoms with Crippen LogP contribution in [0.4, 0.5) is 10.5 Å². The van der Waals surface area contributed by atoms with Gasteiger partial charge in [-0.05, 0) is 86.0 Å². The van der Waals surface area contributed by atoms with Crippen LogP contribution in [0.15, 0.2) is 29.3 Å². The summed E-state index contributed by atoms with van der Waals surface area (Å²) in [6.07, 6.45) is 8.01. The van der Waals surface area contributed by atoms with E-state index in [0.717, 1.165) is 30.9 Å². The van der Waals surface area contributed by atoms with Gasteiger partial charge in [0.1, 0.15) is 11.4 Å². The number of amides is 2. The highest BCUT2D eigenvalue weighted by Crippen LogP contribution is 2.39. The second-order valence-electron chi connectivity index (χ2n) is 7.87. The molecule has 1 spiro atoms. The van der Waals surface area contributed by atoms with Gasteiger partial charge in [-0.1, -0.05) is 19.3 Å². The summed E-state index contributed by atoms with van der Waals surface area (Å²) in [5.74, 6) is 0.904. The third-order valence-corrected chi connectivity index (χ3v) is 6.69. The number of nitrogens with zero attached hydrogens (tertiary/aromatic N) is 2. The second kappa shape index (κ2) is 7.46. The smallest absolute Gasteiger partial charge is 0.350 e. The van der Waals surface area contributed by atoms with E-state index in [0.29, 0.717) is 12.1 Å².